The van der Waals surface area contributed by atoms with E-state index < -0.39 is 7.29 Å². The van der Waals surface area contributed by atoms with Crippen LogP contribution in [0.5, 0.6) is 0 Å². The summed E-state index contributed by atoms with van der Waals surface area (Å²) in [6.07, 6.45) is 0. The number of fused-ring (bicyclic) bond motifs is 1. The smallest absolute Gasteiger partial charge is 0.307 e. The Morgan fingerprint density at radius 2 is 2.00 bits per heavy atom. The van der Waals surface area contributed by atoms with E-state index in [1.807, 2.05) is 39.0 Å². The van der Waals surface area contributed by atoms with E-state index in [1.54, 1.807) is 6.66 Å². The molecule has 1 N–H and O–H groups in total. The summed E-state index contributed by atoms with van der Waals surface area (Å²) in [6, 6.07) is 5.26. The molecular weight excluding hydrogens is 235 g/mol. The topological polar surface area (TPSA) is 49.4 Å². The van der Waals surface area contributed by atoms with E-state index in [4.69, 9.17) is 0 Å². The Balaban J connectivity index is 2.63. The molecule has 5 heteroatoms. The summed E-state index contributed by atoms with van der Waals surface area (Å²) in [5, 5.41) is 3.53. The standard InChI is InChI=1S/C12H17N2O2P/c1-8(2)14-12(15)13-10-6-5-9(3)7-11(10)17(14,4)16/h5-8H,1-4H3,(H,13,15). The van der Waals surface area contributed by atoms with E-state index in [0.717, 1.165) is 10.9 Å². The van der Waals surface area contributed by atoms with E-state index in [2.05, 4.69) is 5.32 Å². The zero-order valence-electron chi connectivity index (χ0n) is 10.5. The molecule has 1 unspecified atom stereocenters. The average molecular weight is 252 g/mol. The summed E-state index contributed by atoms with van der Waals surface area (Å²) in [5.41, 5.74) is 1.72. The van der Waals surface area contributed by atoms with Crippen molar-refractivity contribution in [3.05, 3.63) is 23.8 Å². The summed E-state index contributed by atoms with van der Waals surface area (Å²) in [5.74, 6) is 0. The first-order valence-corrected chi connectivity index (χ1v) is 7.74. The molecule has 1 aliphatic rings. The second-order valence-corrected chi connectivity index (χ2v) is 7.44. The summed E-state index contributed by atoms with van der Waals surface area (Å²) in [7, 11) is -2.80. The second kappa shape index (κ2) is 3.88. The van der Waals surface area contributed by atoms with Gasteiger partial charge in [0, 0.05) is 12.7 Å². The lowest BCUT2D eigenvalue weighted by Crippen LogP contribution is -2.44. The number of carbonyl (C=O) groups is 1. The van der Waals surface area contributed by atoms with Crippen molar-refractivity contribution in [2.45, 2.75) is 26.8 Å². The Bertz CT molecular complexity index is 525. The average Bonchev–Trinajstić information content (AvgIpc) is 2.18. The minimum Gasteiger partial charge on any atom is -0.307 e. The third-order valence-electron chi connectivity index (χ3n) is 2.95. The van der Waals surface area contributed by atoms with Gasteiger partial charge in [-0.1, -0.05) is 11.6 Å². The minimum absolute atomic E-state index is 0.0838. The zero-order valence-corrected chi connectivity index (χ0v) is 11.4. The molecule has 1 atom stereocenters. The highest BCUT2D eigenvalue weighted by molar-refractivity contribution is 7.69. The molecule has 0 saturated carbocycles. The van der Waals surface area contributed by atoms with Crippen LogP contribution in [0.2, 0.25) is 0 Å². The van der Waals surface area contributed by atoms with Crippen LogP contribution in [0.15, 0.2) is 18.2 Å². The van der Waals surface area contributed by atoms with Crippen LogP contribution in [0.4, 0.5) is 10.5 Å². The molecule has 2 amide bonds. The van der Waals surface area contributed by atoms with Crippen LogP contribution < -0.4 is 10.6 Å². The number of amides is 2. The largest absolute Gasteiger partial charge is 0.327 e. The van der Waals surface area contributed by atoms with E-state index in [9.17, 15) is 9.36 Å². The fourth-order valence-corrected chi connectivity index (χ4v) is 4.76. The van der Waals surface area contributed by atoms with Crippen molar-refractivity contribution in [2.24, 2.45) is 0 Å². The Morgan fingerprint density at radius 3 is 2.59 bits per heavy atom. The van der Waals surface area contributed by atoms with Crippen molar-refractivity contribution in [3.63, 3.8) is 0 Å². The molecule has 1 aliphatic heterocycles. The number of anilines is 1. The Hall–Kier alpha value is -1.28. The number of benzene rings is 1. The lowest BCUT2D eigenvalue weighted by atomic mass is 10.2. The van der Waals surface area contributed by atoms with Gasteiger partial charge in [-0.05, 0) is 32.9 Å². The lowest BCUT2D eigenvalue weighted by Gasteiger charge is -2.37. The van der Waals surface area contributed by atoms with Gasteiger partial charge in [0.1, 0.15) is 0 Å². The van der Waals surface area contributed by atoms with Crippen LogP contribution in [0.1, 0.15) is 19.4 Å². The van der Waals surface area contributed by atoms with Crippen molar-refractivity contribution in [1.29, 1.82) is 0 Å². The van der Waals surface area contributed by atoms with Gasteiger partial charge in [0.15, 0.2) is 0 Å². The van der Waals surface area contributed by atoms with Gasteiger partial charge in [-0.25, -0.2) is 4.79 Å². The Morgan fingerprint density at radius 1 is 1.35 bits per heavy atom. The molecule has 1 heterocycles. The maximum atomic E-state index is 12.9. The van der Waals surface area contributed by atoms with E-state index >= 15 is 0 Å². The molecule has 1 aromatic rings. The summed E-state index contributed by atoms with van der Waals surface area (Å²) in [4.78, 5) is 11.9. The number of hydrogen-bond donors (Lipinski definition) is 1. The molecule has 0 radical (unpaired) electrons. The number of urea groups is 1. The van der Waals surface area contributed by atoms with Crippen LogP contribution in [0, 0.1) is 6.92 Å². The number of nitrogens with zero attached hydrogens (tertiary/aromatic N) is 1. The highest BCUT2D eigenvalue weighted by Gasteiger charge is 2.39. The predicted octanol–water partition coefficient (Wildman–Crippen LogP) is 2.78. The molecule has 17 heavy (non-hydrogen) atoms. The van der Waals surface area contributed by atoms with Crippen molar-refractivity contribution < 1.29 is 9.36 Å². The number of hydrogen-bond acceptors (Lipinski definition) is 2. The van der Waals surface area contributed by atoms with Gasteiger partial charge in [-0.3, -0.25) is 9.24 Å². The van der Waals surface area contributed by atoms with Crippen LogP contribution in [-0.2, 0) is 4.57 Å². The molecule has 0 saturated heterocycles. The Kier molecular flexibility index (Phi) is 2.78. The monoisotopic (exact) mass is 252 g/mol. The van der Waals surface area contributed by atoms with E-state index in [-0.39, 0.29) is 12.1 Å². The van der Waals surface area contributed by atoms with Crippen molar-refractivity contribution in [3.8, 4) is 0 Å². The number of rotatable bonds is 1. The first-order chi connectivity index (χ1) is 7.84. The highest BCUT2D eigenvalue weighted by atomic mass is 31.2. The van der Waals surface area contributed by atoms with Crippen LogP contribution in [0.25, 0.3) is 0 Å². The fourth-order valence-electron chi connectivity index (χ4n) is 2.23. The van der Waals surface area contributed by atoms with Gasteiger partial charge in [-0.2, -0.15) is 0 Å². The molecule has 0 aromatic heterocycles. The molecule has 0 fully saturated rings. The van der Waals surface area contributed by atoms with E-state index in [0.29, 0.717) is 5.69 Å². The third kappa shape index (κ3) is 1.87. The third-order valence-corrected chi connectivity index (χ3v) is 5.68. The predicted molar refractivity (Wildman–Crippen MR) is 70.3 cm³/mol. The number of aryl methyl sites for hydroxylation is 1. The van der Waals surface area contributed by atoms with Gasteiger partial charge >= 0.3 is 6.03 Å². The molecular formula is C12H17N2O2P. The van der Waals surface area contributed by atoms with Crippen molar-refractivity contribution >= 4 is 24.3 Å². The number of carbonyl (C=O) groups excluding carboxylic acids is 1. The summed E-state index contributed by atoms with van der Waals surface area (Å²) < 4.78 is 14.3. The summed E-state index contributed by atoms with van der Waals surface area (Å²) >= 11 is 0. The van der Waals surface area contributed by atoms with Gasteiger partial charge < -0.3 is 5.32 Å². The summed E-state index contributed by atoms with van der Waals surface area (Å²) in [6.45, 7) is 7.35. The van der Waals surface area contributed by atoms with E-state index in [1.165, 1.54) is 4.67 Å². The SMILES string of the molecule is Cc1ccc2c(c1)P(C)(=O)N(C(C)C)C(=O)N2. The molecule has 0 aliphatic carbocycles. The van der Waals surface area contributed by atoms with Gasteiger partial charge in [0.05, 0.1) is 11.0 Å². The lowest BCUT2D eigenvalue weighted by molar-refractivity contribution is 0.229. The Labute approximate surface area is 101 Å². The minimum atomic E-state index is -2.80. The van der Waals surface area contributed by atoms with Crippen LogP contribution >= 0.6 is 7.29 Å². The van der Waals surface area contributed by atoms with Gasteiger partial charge in [0.25, 0.3) is 0 Å². The first kappa shape index (κ1) is 12.2. The molecule has 0 spiro atoms. The quantitative estimate of drug-likeness (QED) is 0.781. The van der Waals surface area contributed by atoms with Crippen LogP contribution in [-0.4, -0.2) is 23.4 Å². The molecule has 1 aromatic carbocycles. The van der Waals surface area contributed by atoms with Gasteiger partial charge in [-0.15, -0.1) is 0 Å². The molecule has 2 rings (SSSR count). The maximum Gasteiger partial charge on any atom is 0.327 e. The molecule has 4 nitrogen and oxygen atoms in total. The normalized spacial score (nSPS) is 23.6. The van der Waals surface area contributed by atoms with Crippen LogP contribution in [0.3, 0.4) is 0 Å². The van der Waals surface area contributed by atoms with Crippen molar-refractivity contribution in [2.75, 3.05) is 12.0 Å². The second-order valence-electron chi connectivity index (χ2n) is 4.77. The fraction of sp³-hybridized carbons (Fsp3) is 0.417. The number of nitrogens with one attached hydrogen (secondary N) is 1. The van der Waals surface area contributed by atoms with Gasteiger partial charge in [0.2, 0.25) is 7.29 Å². The molecule has 92 valence electrons. The maximum absolute atomic E-state index is 12.9. The van der Waals surface area contributed by atoms with Crippen molar-refractivity contribution in [1.82, 2.24) is 4.67 Å². The first-order valence-electron chi connectivity index (χ1n) is 5.63. The highest BCUT2D eigenvalue weighted by Crippen LogP contribution is 2.50. The molecule has 0 bridgehead atoms. The zero-order chi connectivity index (χ0) is 12.8.